The lowest BCUT2D eigenvalue weighted by molar-refractivity contribution is 0.304. The first kappa shape index (κ1) is 17.8. The summed E-state index contributed by atoms with van der Waals surface area (Å²) >= 11 is 11.6. The van der Waals surface area contributed by atoms with Gasteiger partial charge in [0.15, 0.2) is 0 Å². The Kier molecular flexibility index (Phi) is 8.55. The molecule has 0 saturated carbocycles. The molecule has 1 atom stereocenters. The highest BCUT2D eigenvalue weighted by Gasteiger charge is 2.17. The molecule has 1 fully saturated rings. The van der Waals surface area contributed by atoms with Crippen LogP contribution in [0, 0.1) is 0 Å². The minimum absolute atomic E-state index is 0.616. The number of hydrogen-bond acceptors (Lipinski definition) is 2. The second kappa shape index (κ2) is 9.62. The lowest BCUT2D eigenvalue weighted by Crippen LogP contribution is -2.23. The highest BCUT2D eigenvalue weighted by Crippen LogP contribution is 2.22. The summed E-state index contributed by atoms with van der Waals surface area (Å²) in [7, 11) is 4.15. The van der Waals surface area contributed by atoms with E-state index in [1.54, 1.807) is 0 Å². The monoisotopic (exact) mass is 316 g/mol. The first-order valence-electron chi connectivity index (χ1n) is 7.37. The van der Waals surface area contributed by atoms with Crippen LogP contribution in [0.25, 0.3) is 0 Å². The molecule has 114 valence electrons. The third-order valence-electron chi connectivity index (χ3n) is 3.79. The quantitative estimate of drug-likeness (QED) is 0.893. The SMILES string of the molecule is CCC1CCCN1C.CNCCc1ccc(Cl)c(Cl)c1. The van der Waals surface area contributed by atoms with Crippen molar-refractivity contribution in [2.45, 2.75) is 38.6 Å². The van der Waals surface area contributed by atoms with Crippen LogP contribution in [0.1, 0.15) is 31.7 Å². The molecule has 1 unspecified atom stereocenters. The van der Waals surface area contributed by atoms with Crippen LogP contribution in [0.2, 0.25) is 10.0 Å². The molecule has 0 radical (unpaired) electrons. The minimum atomic E-state index is 0.616. The molecule has 0 aliphatic carbocycles. The third-order valence-corrected chi connectivity index (χ3v) is 4.53. The van der Waals surface area contributed by atoms with Gasteiger partial charge in [0.05, 0.1) is 10.0 Å². The predicted molar refractivity (Wildman–Crippen MR) is 90.0 cm³/mol. The summed E-state index contributed by atoms with van der Waals surface area (Å²) in [5, 5.41) is 4.32. The van der Waals surface area contributed by atoms with Gasteiger partial charge in [-0.1, -0.05) is 36.2 Å². The number of likely N-dealkylation sites (N-methyl/N-ethyl adjacent to an activating group) is 1. The number of nitrogens with one attached hydrogen (secondary N) is 1. The van der Waals surface area contributed by atoms with Crippen LogP contribution in [0.4, 0.5) is 0 Å². The predicted octanol–water partition coefficient (Wildman–Crippen LogP) is 4.25. The number of halogens is 2. The lowest BCUT2D eigenvalue weighted by atomic mass is 10.1. The van der Waals surface area contributed by atoms with E-state index in [4.69, 9.17) is 23.2 Å². The Morgan fingerprint density at radius 2 is 2.05 bits per heavy atom. The fourth-order valence-corrected chi connectivity index (χ4v) is 2.78. The van der Waals surface area contributed by atoms with Crippen LogP contribution in [-0.4, -0.2) is 38.1 Å². The zero-order chi connectivity index (χ0) is 15.0. The molecule has 20 heavy (non-hydrogen) atoms. The van der Waals surface area contributed by atoms with Crippen molar-refractivity contribution in [3.8, 4) is 0 Å². The van der Waals surface area contributed by atoms with Crippen molar-refractivity contribution in [2.24, 2.45) is 0 Å². The van der Waals surface area contributed by atoms with Crippen molar-refractivity contribution in [1.29, 1.82) is 0 Å². The van der Waals surface area contributed by atoms with Crippen molar-refractivity contribution in [2.75, 3.05) is 27.2 Å². The molecule has 4 heteroatoms. The summed E-state index contributed by atoms with van der Waals surface area (Å²) in [4.78, 5) is 2.46. The average Bonchev–Trinajstić information content (AvgIpc) is 2.86. The topological polar surface area (TPSA) is 15.3 Å². The molecule has 1 aromatic carbocycles. The van der Waals surface area contributed by atoms with Gasteiger partial charge in [-0.3, -0.25) is 0 Å². The standard InChI is InChI=1S/C9H11Cl2N.C7H15N/c1-12-5-4-7-2-3-8(10)9(11)6-7;1-3-7-5-4-6-8(7)2/h2-3,6,12H,4-5H2,1H3;7H,3-6H2,1-2H3. The van der Waals surface area contributed by atoms with Gasteiger partial charge < -0.3 is 10.2 Å². The Labute approximate surface area is 133 Å². The van der Waals surface area contributed by atoms with Crippen molar-refractivity contribution in [3.05, 3.63) is 33.8 Å². The maximum absolute atomic E-state index is 5.84. The molecule has 1 aromatic rings. The van der Waals surface area contributed by atoms with E-state index in [1.807, 2.05) is 25.2 Å². The van der Waals surface area contributed by atoms with E-state index in [0.29, 0.717) is 10.0 Å². The molecule has 2 rings (SSSR count). The van der Waals surface area contributed by atoms with E-state index in [2.05, 4.69) is 24.2 Å². The van der Waals surface area contributed by atoms with Crippen LogP contribution in [0.3, 0.4) is 0 Å². The zero-order valence-electron chi connectivity index (χ0n) is 12.8. The Bertz CT molecular complexity index is 396. The number of benzene rings is 1. The van der Waals surface area contributed by atoms with Crippen LogP contribution in [0.15, 0.2) is 18.2 Å². The molecule has 0 amide bonds. The molecular weight excluding hydrogens is 291 g/mol. The average molecular weight is 317 g/mol. The largest absolute Gasteiger partial charge is 0.319 e. The Balaban J connectivity index is 0.000000217. The van der Waals surface area contributed by atoms with Gasteiger partial charge in [0.2, 0.25) is 0 Å². The fraction of sp³-hybridized carbons (Fsp3) is 0.625. The molecule has 1 saturated heterocycles. The van der Waals surface area contributed by atoms with Crippen molar-refractivity contribution >= 4 is 23.2 Å². The van der Waals surface area contributed by atoms with Crippen LogP contribution < -0.4 is 5.32 Å². The van der Waals surface area contributed by atoms with Crippen molar-refractivity contribution in [1.82, 2.24) is 10.2 Å². The smallest absolute Gasteiger partial charge is 0.0595 e. The molecular formula is C16H26Cl2N2. The Hall–Kier alpha value is -0.280. The van der Waals surface area contributed by atoms with E-state index in [-0.39, 0.29) is 0 Å². The first-order chi connectivity index (χ1) is 9.58. The summed E-state index contributed by atoms with van der Waals surface area (Å²) in [6.07, 6.45) is 5.14. The highest BCUT2D eigenvalue weighted by molar-refractivity contribution is 6.42. The van der Waals surface area contributed by atoms with E-state index >= 15 is 0 Å². The van der Waals surface area contributed by atoms with Gasteiger partial charge in [-0.05, 0) is 70.6 Å². The Morgan fingerprint density at radius 1 is 1.30 bits per heavy atom. The van der Waals surface area contributed by atoms with Gasteiger partial charge in [0.25, 0.3) is 0 Å². The molecule has 1 N–H and O–H groups in total. The Morgan fingerprint density at radius 3 is 2.50 bits per heavy atom. The number of nitrogens with zero attached hydrogens (tertiary/aromatic N) is 1. The van der Waals surface area contributed by atoms with E-state index < -0.39 is 0 Å². The molecule has 0 spiro atoms. The number of hydrogen-bond donors (Lipinski definition) is 1. The second-order valence-electron chi connectivity index (χ2n) is 5.29. The van der Waals surface area contributed by atoms with Gasteiger partial charge in [-0.15, -0.1) is 0 Å². The zero-order valence-corrected chi connectivity index (χ0v) is 14.3. The highest BCUT2D eigenvalue weighted by atomic mass is 35.5. The lowest BCUT2D eigenvalue weighted by Gasteiger charge is -2.16. The summed E-state index contributed by atoms with van der Waals surface area (Å²) in [6, 6.07) is 6.62. The first-order valence-corrected chi connectivity index (χ1v) is 8.12. The van der Waals surface area contributed by atoms with Crippen LogP contribution in [-0.2, 0) is 6.42 Å². The summed E-state index contributed by atoms with van der Waals surface area (Å²) in [5.41, 5.74) is 1.21. The minimum Gasteiger partial charge on any atom is -0.319 e. The van der Waals surface area contributed by atoms with Crippen molar-refractivity contribution < 1.29 is 0 Å². The summed E-state index contributed by atoms with van der Waals surface area (Å²) in [5.74, 6) is 0. The van der Waals surface area contributed by atoms with Gasteiger partial charge in [-0.25, -0.2) is 0 Å². The molecule has 0 bridgehead atoms. The second-order valence-corrected chi connectivity index (χ2v) is 6.10. The van der Waals surface area contributed by atoms with Crippen LogP contribution in [0.5, 0.6) is 0 Å². The molecule has 1 aliphatic rings. The molecule has 1 heterocycles. The van der Waals surface area contributed by atoms with Gasteiger partial charge >= 0.3 is 0 Å². The number of likely N-dealkylation sites (tertiary alicyclic amines) is 1. The molecule has 1 aliphatic heterocycles. The van der Waals surface area contributed by atoms with E-state index in [1.165, 1.54) is 31.4 Å². The fourth-order valence-electron chi connectivity index (χ4n) is 2.46. The van der Waals surface area contributed by atoms with Gasteiger partial charge in [0.1, 0.15) is 0 Å². The van der Waals surface area contributed by atoms with Crippen molar-refractivity contribution in [3.63, 3.8) is 0 Å². The van der Waals surface area contributed by atoms with E-state index in [0.717, 1.165) is 19.0 Å². The third kappa shape index (κ3) is 6.01. The number of rotatable bonds is 4. The maximum Gasteiger partial charge on any atom is 0.0595 e. The maximum atomic E-state index is 5.84. The van der Waals surface area contributed by atoms with E-state index in [9.17, 15) is 0 Å². The molecule has 0 aromatic heterocycles. The summed E-state index contributed by atoms with van der Waals surface area (Å²) in [6.45, 7) is 4.54. The normalized spacial score (nSPS) is 18.8. The van der Waals surface area contributed by atoms with Gasteiger partial charge in [-0.2, -0.15) is 0 Å². The van der Waals surface area contributed by atoms with Crippen LogP contribution >= 0.6 is 23.2 Å². The summed E-state index contributed by atoms with van der Waals surface area (Å²) < 4.78 is 0. The molecule has 2 nitrogen and oxygen atoms in total. The van der Waals surface area contributed by atoms with Gasteiger partial charge in [0, 0.05) is 6.04 Å².